The molecule has 0 bridgehead atoms. The van der Waals surface area contributed by atoms with Crippen LogP contribution in [0.2, 0.25) is 0 Å². The number of ether oxygens (including phenoxy) is 1. The van der Waals surface area contributed by atoms with Gasteiger partial charge in [-0.25, -0.2) is 0 Å². The van der Waals surface area contributed by atoms with E-state index in [2.05, 4.69) is 36.1 Å². The van der Waals surface area contributed by atoms with Crippen LogP contribution >= 0.6 is 0 Å². The Balaban J connectivity index is 1.84. The van der Waals surface area contributed by atoms with Gasteiger partial charge in [-0.05, 0) is 38.5 Å². The van der Waals surface area contributed by atoms with E-state index >= 15 is 0 Å². The molecule has 1 amide bonds. The molecule has 1 aromatic carbocycles. The molecule has 1 heterocycles. The van der Waals surface area contributed by atoms with Gasteiger partial charge in [0, 0.05) is 31.9 Å². The van der Waals surface area contributed by atoms with Crippen molar-refractivity contribution in [3.63, 3.8) is 0 Å². The summed E-state index contributed by atoms with van der Waals surface area (Å²) in [6.07, 6.45) is 0.104. The molecule has 20 heavy (non-hydrogen) atoms. The van der Waals surface area contributed by atoms with E-state index in [9.17, 15) is 4.79 Å². The van der Waals surface area contributed by atoms with E-state index in [0.717, 1.165) is 26.2 Å². The van der Waals surface area contributed by atoms with E-state index in [1.807, 2.05) is 18.7 Å². The highest BCUT2D eigenvalue weighted by atomic mass is 16.5. The van der Waals surface area contributed by atoms with Gasteiger partial charge < -0.3 is 14.5 Å². The zero-order valence-electron chi connectivity index (χ0n) is 12.6. The Labute approximate surface area is 121 Å². The van der Waals surface area contributed by atoms with Gasteiger partial charge in [0.15, 0.2) is 0 Å². The lowest BCUT2D eigenvalue weighted by Gasteiger charge is -2.36. The molecule has 1 fully saturated rings. The van der Waals surface area contributed by atoms with Gasteiger partial charge in [0.25, 0.3) is 0 Å². The molecule has 0 spiro atoms. The van der Waals surface area contributed by atoms with Crippen molar-refractivity contribution in [1.29, 1.82) is 0 Å². The number of anilines is 1. The summed E-state index contributed by atoms with van der Waals surface area (Å²) in [5.41, 5.74) is 2.52. The Morgan fingerprint density at radius 1 is 1.25 bits per heavy atom. The van der Waals surface area contributed by atoms with Crippen molar-refractivity contribution in [2.45, 2.75) is 26.9 Å². The second-order valence-electron chi connectivity index (χ2n) is 5.57. The van der Waals surface area contributed by atoms with Crippen LogP contribution in [-0.4, -0.2) is 49.7 Å². The molecule has 0 aliphatic carbocycles. The molecule has 0 aromatic heterocycles. The first-order chi connectivity index (χ1) is 9.56. The number of carbonyl (C=O) groups excluding carboxylic acids is 1. The molecular weight excluding hydrogens is 252 g/mol. The zero-order chi connectivity index (χ0) is 14.5. The fraction of sp³-hybridized carbons (Fsp3) is 0.562. The second-order valence-corrected chi connectivity index (χ2v) is 5.57. The number of hydrogen-bond donors (Lipinski definition) is 0. The Hall–Kier alpha value is -1.55. The first kappa shape index (κ1) is 14.9. The van der Waals surface area contributed by atoms with E-state index in [4.69, 9.17) is 4.74 Å². The second kappa shape index (κ2) is 6.75. The molecule has 2 rings (SSSR count). The van der Waals surface area contributed by atoms with E-state index in [1.165, 1.54) is 11.3 Å². The lowest BCUT2D eigenvalue weighted by atomic mass is 10.2. The molecule has 1 aliphatic heterocycles. The Morgan fingerprint density at radius 2 is 1.95 bits per heavy atom. The Bertz CT molecular complexity index is 452. The highest BCUT2D eigenvalue weighted by molar-refractivity contribution is 5.77. The van der Waals surface area contributed by atoms with E-state index < -0.39 is 0 Å². The van der Waals surface area contributed by atoms with Crippen molar-refractivity contribution < 1.29 is 9.53 Å². The SMILES string of the molecule is Cc1cccc(N2CCN(C(=O)COC(C)C)CC2)c1. The maximum Gasteiger partial charge on any atom is 0.248 e. The standard InChI is InChI=1S/C16H24N2O2/c1-13(2)20-12-16(19)18-9-7-17(8-10-18)15-6-4-5-14(3)11-15/h4-6,11,13H,7-10,12H2,1-3H3. The van der Waals surface area contributed by atoms with Crippen LogP contribution in [0.15, 0.2) is 24.3 Å². The minimum Gasteiger partial charge on any atom is -0.369 e. The van der Waals surface area contributed by atoms with Gasteiger partial charge in [0.1, 0.15) is 6.61 Å². The summed E-state index contributed by atoms with van der Waals surface area (Å²) in [7, 11) is 0. The Morgan fingerprint density at radius 3 is 2.55 bits per heavy atom. The summed E-state index contributed by atoms with van der Waals surface area (Å²) < 4.78 is 5.38. The van der Waals surface area contributed by atoms with Crippen molar-refractivity contribution in [2.75, 3.05) is 37.7 Å². The van der Waals surface area contributed by atoms with Crippen LogP contribution in [0.5, 0.6) is 0 Å². The average molecular weight is 276 g/mol. The summed E-state index contributed by atoms with van der Waals surface area (Å²) in [6.45, 7) is 9.51. The fourth-order valence-electron chi connectivity index (χ4n) is 2.37. The normalized spacial score (nSPS) is 15.8. The van der Waals surface area contributed by atoms with Crippen molar-refractivity contribution in [3.8, 4) is 0 Å². The number of benzene rings is 1. The summed E-state index contributed by atoms with van der Waals surface area (Å²) in [6, 6.07) is 8.51. The molecule has 4 heteroatoms. The minimum absolute atomic E-state index is 0.0996. The summed E-state index contributed by atoms with van der Waals surface area (Å²) in [5.74, 6) is 0.0996. The molecular formula is C16H24N2O2. The van der Waals surface area contributed by atoms with Gasteiger partial charge >= 0.3 is 0 Å². The minimum atomic E-state index is 0.0996. The van der Waals surface area contributed by atoms with Gasteiger partial charge in [-0.2, -0.15) is 0 Å². The number of piperazine rings is 1. The van der Waals surface area contributed by atoms with Crippen LogP contribution in [0.25, 0.3) is 0 Å². The zero-order valence-corrected chi connectivity index (χ0v) is 12.6. The number of nitrogens with zero attached hydrogens (tertiary/aromatic N) is 2. The van der Waals surface area contributed by atoms with Crippen molar-refractivity contribution in [1.82, 2.24) is 4.90 Å². The van der Waals surface area contributed by atoms with Gasteiger partial charge in [-0.3, -0.25) is 4.79 Å². The maximum absolute atomic E-state index is 12.0. The molecule has 4 nitrogen and oxygen atoms in total. The molecule has 0 N–H and O–H groups in total. The first-order valence-corrected chi connectivity index (χ1v) is 7.27. The third-order valence-corrected chi connectivity index (χ3v) is 3.54. The highest BCUT2D eigenvalue weighted by Crippen LogP contribution is 2.17. The molecule has 0 radical (unpaired) electrons. The summed E-state index contributed by atoms with van der Waals surface area (Å²) >= 11 is 0. The van der Waals surface area contributed by atoms with Crippen LogP contribution in [0.3, 0.4) is 0 Å². The lowest BCUT2D eigenvalue weighted by Crippen LogP contribution is -2.49. The van der Waals surface area contributed by atoms with Crippen LogP contribution in [-0.2, 0) is 9.53 Å². The molecule has 0 saturated carbocycles. The number of carbonyl (C=O) groups is 1. The van der Waals surface area contributed by atoms with E-state index in [1.54, 1.807) is 0 Å². The van der Waals surface area contributed by atoms with Crippen molar-refractivity contribution in [2.24, 2.45) is 0 Å². The van der Waals surface area contributed by atoms with Crippen molar-refractivity contribution >= 4 is 11.6 Å². The topological polar surface area (TPSA) is 32.8 Å². The Kier molecular flexibility index (Phi) is 5.01. The van der Waals surface area contributed by atoms with Gasteiger partial charge in [0.05, 0.1) is 6.10 Å². The molecule has 0 unspecified atom stereocenters. The largest absolute Gasteiger partial charge is 0.369 e. The van der Waals surface area contributed by atoms with Crippen LogP contribution < -0.4 is 4.90 Å². The monoisotopic (exact) mass is 276 g/mol. The predicted octanol–water partition coefficient (Wildman–Crippen LogP) is 2.07. The number of hydrogen-bond acceptors (Lipinski definition) is 3. The van der Waals surface area contributed by atoms with Gasteiger partial charge in [-0.1, -0.05) is 12.1 Å². The molecule has 110 valence electrons. The van der Waals surface area contributed by atoms with Crippen LogP contribution in [0.1, 0.15) is 19.4 Å². The molecule has 1 aliphatic rings. The number of rotatable bonds is 4. The van der Waals surface area contributed by atoms with Crippen LogP contribution in [0, 0.1) is 6.92 Å². The fourth-order valence-corrected chi connectivity index (χ4v) is 2.37. The van der Waals surface area contributed by atoms with E-state index in [0.29, 0.717) is 0 Å². The maximum atomic E-state index is 12.0. The molecule has 1 aromatic rings. The third-order valence-electron chi connectivity index (χ3n) is 3.54. The predicted molar refractivity (Wildman–Crippen MR) is 81.1 cm³/mol. The lowest BCUT2D eigenvalue weighted by molar-refractivity contribution is -0.137. The quantitative estimate of drug-likeness (QED) is 0.844. The molecule has 1 saturated heterocycles. The van der Waals surface area contributed by atoms with Gasteiger partial charge in [0.2, 0.25) is 5.91 Å². The number of amides is 1. The average Bonchev–Trinajstić information content (AvgIpc) is 2.45. The molecule has 0 atom stereocenters. The van der Waals surface area contributed by atoms with E-state index in [-0.39, 0.29) is 18.6 Å². The van der Waals surface area contributed by atoms with Gasteiger partial charge in [-0.15, -0.1) is 0 Å². The van der Waals surface area contributed by atoms with Crippen molar-refractivity contribution in [3.05, 3.63) is 29.8 Å². The summed E-state index contributed by atoms with van der Waals surface area (Å²) in [4.78, 5) is 16.2. The summed E-state index contributed by atoms with van der Waals surface area (Å²) in [5, 5.41) is 0. The van der Waals surface area contributed by atoms with Crippen LogP contribution in [0.4, 0.5) is 5.69 Å². The number of aryl methyl sites for hydroxylation is 1. The first-order valence-electron chi connectivity index (χ1n) is 7.27. The smallest absolute Gasteiger partial charge is 0.248 e. The third kappa shape index (κ3) is 3.97. The highest BCUT2D eigenvalue weighted by Gasteiger charge is 2.21.